The second kappa shape index (κ2) is 5.84. The van der Waals surface area contributed by atoms with Crippen molar-refractivity contribution < 1.29 is 4.79 Å². The molecular weight excluding hydrogens is 252 g/mol. The van der Waals surface area contributed by atoms with E-state index in [0.717, 1.165) is 4.88 Å². The van der Waals surface area contributed by atoms with E-state index in [-0.39, 0.29) is 6.03 Å². The smallest absolute Gasteiger partial charge is 0.315 e. The average molecular weight is 266 g/mol. The lowest BCUT2D eigenvalue weighted by Crippen LogP contribution is -2.34. The fraction of sp³-hybridized carbons (Fsp3) is 0.250. The lowest BCUT2D eigenvalue weighted by Gasteiger charge is -2.03. The highest BCUT2D eigenvalue weighted by Crippen LogP contribution is 2.27. The number of carbonyl (C=O) groups excluding carboxylic acids is 1. The van der Waals surface area contributed by atoms with Gasteiger partial charge in [0.2, 0.25) is 0 Å². The predicted molar refractivity (Wildman–Crippen MR) is 73.5 cm³/mol. The molecule has 0 radical (unpaired) electrons. The predicted octanol–water partition coefficient (Wildman–Crippen LogP) is 3.30. The molecule has 0 aliphatic heterocycles. The molecule has 90 valence electrons. The standard InChI is InChI=1S/C12H14N2OS2/c1-2-13-12(15)14-6-11-5-10(8-17-11)9-3-4-16-7-9/h3-5,7-8H,2,6H2,1H3,(H2,13,14,15). The van der Waals surface area contributed by atoms with Crippen LogP contribution in [0.5, 0.6) is 0 Å². The van der Waals surface area contributed by atoms with Gasteiger partial charge in [0.1, 0.15) is 0 Å². The van der Waals surface area contributed by atoms with Gasteiger partial charge in [-0.1, -0.05) is 0 Å². The van der Waals surface area contributed by atoms with Crippen molar-refractivity contribution in [1.29, 1.82) is 0 Å². The summed E-state index contributed by atoms with van der Waals surface area (Å²) >= 11 is 3.36. The van der Waals surface area contributed by atoms with E-state index in [4.69, 9.17) is 0 Å². The van der Waals surface area contributed by atoms with Crippen LogP contribution >= 0.6 is 22.7 Å². The third-order valence-corrected chi connectivity index (χ3v) is 3.89. The summed E-state index contributed by atoms with van der Waals surface area (Å²) in [6.07, 6.45) is 0. The Balaban J connectivity index is 1.93. The molecule has 2 rings (SSSR count). The summed E-state index contributed by atoms with van der Waals surface area (Å²) in [7, 11) is 0. The van der Waals surface area contributed by atoms with Gasteiger partial charge in [0.15, 0.2) is 0 Å². The molecule has 0 spiro atoms. The van der Waals surface area contributed by atoms with E-state index in [1.165, 1.54) is 11.1 Å². The Morgan fingerprint density at radius 1 is 1.29 bits per heavy atom. The fourth-order valence-corrected chi connectivity index (χ4v) is 2.94. The Labute approximate surface area is 108 Å². The van der Waals surface area contributed by atoms with Gasteiger partial charge in [0.05, 0.1) is 6.54 Å². The van der Waals surface area contributed by atoms with Crippen molar-refractivity contribution in [1.82, 2.24) is 10.6 Å². The normalized spacial score (nSPS) is 10.2. The van der Waals surface area contributed by atoms with E-state index >= 15 is 0 Å². The Bertz CT molecular complexity index is 476. The summed E-state index contributed by atoms with van der Waals surface area (Å²) in [5, 5.41) is 11.8. The first kappa shape index (κ1) is 12.1. The van der Waals surface area contributed by atoms with Crippen LogP contribution in [0.4, 0.5) is 4.79 Å². The third kappa shape index (κ3) is 3.31. The minimum Gasteiger partial charge on any atom is -0.338 e. The first-order valence-electron chi connectivity index (χ1n) is 5.41. The van der Waals surface area contributed by atoms with Gasteiger partial charge in [-0.15, -0.1) is 11.3 Å². The Kier molecular flexibility index (Phi) is 4.17. The van der Waals surface area contributed by atoms with Gasteiger partial charge in [-0.2, -0.15) is 11.3 Å². The van der Waals surface area contributed by atoms with Crippen molar-refractivity contribution in [2.45, 2.75) is 13.5 Å². The molecule has 0 aliphatic rings. The van der Waals surface area contributed by atoms with Crippen LogP contribution < -0.4 is 10.6 Å². The van der Waals surface area contributed by atoms with Crippen LogP contribution in [0.3, 0.4) is 0 Å². The molecule has 0 aliphatic carbocycles. The van der Waals surface area contributed by atoms with Crippen molar-refractivity contribution in [2.75, 3.05) is 6.54 Å². The number of hydrogen-bond donors (Lipinski definition) is 2. The van der Waals surface area contributed by atoms with Gasteiger partial charge in [-0.25, -0.2) is 4.79 Å². The Morgan fingerprint density at radius 2 is 2.18 bits per heavy atom. The van der Waals surface area contributed by atoms with E-state index in [1.807, 2.05) is 6.92 Å². The van der Waals surface area contributed by atoms with Gasteiger partial charge < -0.3 is 10.6 Å². The van der Waals surface area contributed by atoms with Crippen molar-refractivity contribution >= 4 is 28.7 Å². The van der Waals surface area contributed by atoms with Crippen molar-refractivity contribution in [3.63, 3.8) is 0 Å². The monoisotopic (exact) mass is 266 g/mol. The zero-order valence-corrected chi connectivity index (χ0v) is 11.2. The molecule has 0 saturated carbocycles. The van der Waals surface area contributed by atoms with Gasteiger partial charge in [-0.05, 0) is 46.3 Å². The van der Waals surface area contributed by atoms with Gasteiger partial charge in [0, 0.05) is 11.4 Å². The molecule has 2 aromatic heterocycles. The van der Waals surface area contributed by atoms with Crippen LogP contribution in [0, 0.1) is 0 Å². The van der Waals surface area contributed by atoms with Crippen LogP contribution in [0.15, 0.2) is 28.3 Å². The summed E-state index contributed by atoms with van der Waals surface area (Å²) in [4.78, 5) is 12.4. The molecule has 2 heterocycles. The molecule has 0 fully saturated rings. The number of hydrogen-bond acceptors (Lipinski definition) is 3. The fourth-order valence-electron chi connectivity index (χ4n) is 1.44. The second-order valence-corrected chi connectivity index (χ2v) is 5.30. The molecule has 0 unspecified atom stereocenters. The molecule has 0 bridgehead atoms. The quantitative estimate of drug-likeness (QED) is 0.876. The maximum absolute atomic E-state index is 11.2. The van der Waals surface area contributed by atoms with Gasteiger partial charge in [0.25, 0.3) is 0 Å². The Morgan fingerprint density at radius 3 is 2.88 bits per heavy atom. The van der Waals surface area contributed by atoms with E-state index in [0.29, 0.717) is 13.1 Å². The minimum atomic E-state index is -0.113. The van der Waals surface area contributed by atoms with Crippen LogP contribution in [-0.4, -0.2) is 12.6 Å². The average Bonchev–Trinajstić information content (AvgIpc) is 2.97. The highest BCUT2D eigenvalue weighted by atomic mass is 32.1. The van der Waals surface area contributed by atoms with Gasteiger partial charge in [-0.3, -0.25) is 0 Å². The van der Waals surface area contributed by atoms with E-state index in [1.54, 1.807) is 22.7 Å². The largest absolute Gasteiger partial charge is 0.338 e. The van der Waals surface area contributed by atoms with E-state index in [2.05, 4.69) is 38.9 Å². The van der Waals surface area contributed by atoms with E-state index < -0.39 is 0 Å². The van der Waals surface area contributed by atoms with E-state index in [9.17, 15) is 4.79 Å². The molecule has 2 aromatic rings. The molecule has 0 saturated heterocycles. The maximum atomic E-state index is 11.2. The zero-order chi connectivity index (χ0) is 12.1. The highest BCUT2D eigenvalue weighted by Gasteiger charge is 2.04. The number of nitrogens with one attached hydrogen (secondary N) is 2. The maximum Gasteiger partial charge on any atom is 0.315 e. The molecule has 2 amide bonds. The lowest BCUT2D eigenvalue weighted by atomic mass is 10.2. The number of rotatable bonds is 4. The molecular formula is C12H14N2OS2. The number of amides is 2. The Hall–Kier alpha value is -1.33. The number of urea groups is 1. The summed E-state index contributed by atoms with van der Waals surface area (Å²) in [5.74, 6) is 0. The summed E-state index contributed by atoms with van der Waals surface area (Å²) < 4.78 is 0. The molecule has 5 heteroatoms. The first-order valence-corrected chi connectivity index (χ1v) is 7.23. The van der Waals surface area contributed by atoms with Crippen molar-refractivity contribution in [2.24, 2.45) is 0 Å². The lowest BCUT2D eigenvalue weighted by molar-refractivity contribution is 0.241. The summed E-state index contributed by atoms with van der Waals surface area (Å²) in [5.41, 5.74) is 2.47. The third-order valence-electron chi connectivity index (χ3n) is 2.27. The van der Waals surface area contributed by atoms with Crippen LogP contribution in [0.1, 0.15) is 11.8 Å². The molecule has 0 aromatic carbocycles. The molecule has 2 N–H and O–H groups in total. The zero-order valence-electron chi connectivity index (χ0n) is 9.53. The first-order chi connectivity index (χ1) is 8.29. The van der Waals surface area contributed by atoms with Crippen LogP contribution in [0.25, 0.3) is 11.1 Å². The van der Waals surface area contributed by atoms with Crippen LogP contribution in [0.2, 0.25) is 0 Å². The molecule has 3 nitrogen and oxygen atoms in total. The second-order valence-electron chi connectivity index (χ2n) is 3.53. The summed E-state index contributed by atoms with van der Waals surface area (Å²) in [6, 6.07) is 4.12. The van der Waals surface area contributed by atoms with Crippen LogP contribution in [-0.2, 0) is 6.54 Å². The highest BCUT2D eigenvalue weighted by molar-refractivity contribution is 7.10. The minimum absolute atomic E-state index is 0.113. The molecule has 0 atom stereocenters. The van der Waals surface area contributed by atoms with Gasteiger partial charge >= 0.3 is 6.03 Å². The molecule has 17 heavy (non-hydrogen) atoms. The SMILES string of the molecule is CCNC(=O)NCc1cc(-c2ccsc2)cs1. The number of thiophene rings is 2. The van der Waals surface area contributed by atoms with Crippen molar-refractivity contribution in [3.8, 4) is 11.1 Å². The topological polar surface area (TPSA) is 41.1 Å². The van der Waals surface area contributed by atoms with Crippen molar-refractivity contribution in [3.05, 3.63) is 33.2 Å². The number of carbonyl (C=O) groups is 1. The summed E-state index contributed by atoms with van der Waals surface area (Å²) in [6.45, 7) is 3.14.